The second-order valence-corrected chi connectivity index (χ2v) is 5.47. The maximum atomic E-state index is 10.2. The molecule has 0 aliphatic carbocycles. The van der Waals surface area contributed by atoms with Gasteiger partial charge in [-0.05, 0) is 31.4 Å². The number of hydrogen-bond acceptors (Lipinski definition) is 4. The molecular formula is C16H26NO4+. The number of ether oxygens (including phenoxy) is 3. The van der Waals surface area contributed by atoms with E-state index in [-0.39, 0.29) is 6.61 Å². The van der Waals surface area contributed by atoms with Crippen molar-refractivity contribution in [2.75, 3.05) is 40.5 Å². The van der Waals surface area contributed by atoms with Crippen LogP contribution in [-0.2, 0) is 0 Å². The molecule has 1 aromatic rings. The summed E-state index contributed by atoms with van der Waals surface area (Å²) in [5.74, 6) is 1.79. The third-order valence-corrected chi connectivity index (χ3v) is 3.89. The zero-order valence-corrected chi connectivity index (χ0v) is 12.9. The average molecular weight is 296 g/mol. The summed E-state index contributed by atoms with van der Waals surface area (Å²) in [5, 5.41) is 10.2. The van der Waals surface area contributed by atoms with E-state index in [0.29, 0.717) is 17.2 Å². The van der Waals surface area contributed by atoms with Gasteiger partial charge in [-0.15, -0.1) is 0 Å². The Morgan fingerprint density at radius 2 is 1.71 bits per heavy atom. The summed E-state index contributed by atoms with van der Waals surface area (Å²) in [5.41, 5.74) is 0. The number of rotatable bonds is 7. The molecule has 0 bridgehead atoms. The third-order valence-electron chi connectivity index (χ3n) is 3.89. The first-order chi connectivity index (χ1) is 10.2. The van der Waals surface area contributed by atoms with Crippen LogP contribution in [-0.4, -0.2) is 51.7 Å². The van der Waals surface area contributed by atoms with Crippen LogP contribution in [0.1, 0.15) is 19.3 Å². The van der Waals surface area contributed by atoms with Crippen LogP contribution in [0.25, 0.3) is 0 Å². The topological polar surface area (TPSA) is 52.4 Å². The number of benzene rings is 1. The van der Waals surface area contributed by atoms with Crippen LogP contribution < -0.4 is 19.1 Å². The predicted molar refractivity (Wildman–Crippen MR) is 80.5 cm³/mol. The molecule has 1 aliphatic heterocycles. The molecule has 5 nitrogen and oxygen atoms in total. The van der Waals surface area contributed by atoms with Crippen molar-refractivity contribution in [1.29, 1.82) is 0 Å². The summed E-state index contributed by atoms with van der Waals surface area (Å²) in [7, 11) is 3.19. The molecule has 1 heterocycles. The van der Waals surface area contributed by atoms with Gasteiger partial charge in [0.05, 0.1) is 27.3 Å². The van der Waals surface area contributed by atoms with Crippen molar-refractivity contribution in [2.24, 2.45) is 0 Å². The van der Waals surface area contributed by atoms with E-state index >= 15 is 0 Å². The quantitative estimate of drug-likeness (QED) is 0.770. The van der Waals surface area contributed by atoms with Gasteiger partial charge in [-0.3, -0.25) is 0 Å². The van der Waals surface area contributed by atoms with E-state index in [1.54, 1.807) is 14.2 Å². The molecule has 1 aromatic carbocycles. The standard InChI is InChI=1S/C16H25NO4/c1-19-14-7-6-8-15(20-2)16(14)21-12-13(18)11-17-9-4-3-5-10-17/h6-8,13,18H,3-5,9-12H2,1-2H3/p+1/t13-/m1/s1. The van der Waals surface area contributed by atoms with Gasteiger partial charge in [0, 0.05) is 0 Å². The highest BCUT2D eigenvalue weighted by Crippen LogP contribution is 2.36. The maximum absolute atomic E-state index is 10.2. The zero-order valence-electron chi connectivity index (χ0n) is 12.9. The molecule has 1 saturated heterocycles. The van der Waals surface area contributed by atoms with Crippen molar-refractivity contribution in [3.05, 3.63) is 18.2 Å². The lowest BCUT2D eigenvalue weighted by Crippen LogP contribution is -3.14. The normalized spacial score (nSPS) is 17.3. The number of hydrogen-bond donors (Lipinski definition) is 2. The van der Waals surface area contributed by atoms with Gasteiger partial charge in [-0.1, -0.05) is 6.07 Å². The van der Waals surface area contributed by atoms with E-state index in [4.69, 9.17) is 14.2 Å². The van der Waals surface area contributed by atoms with Crippen LogP contribution in [0.4, 0.5) is 0 Å². The molecule has 1 aliphatic rings. The largest absolute Gasteiger partial charge is 0.493 e. The van der Waals surface area contributed by atoms with Crippen LogP contribution in [0.3, 0.4) is 0 Å². The maximum Gasteiger partial charge on any atom is 0.203 e. The van der Waals surface area contributed by atoms with Crippen molar-refractivity contribution < 1.29 is 24.2 Å². The van der Waals surface area contributed by atoms with Crippen LogP contribution in [0.2, 0.25) is 0 Å². The highest BCUT2D eigenvalue weighted by atomic mass is 16.5. The van der Waals surface area contributed by atoms with Gasteiger partial charge in [-0.2, -0.15) is 0 Å². The molecule has 0 saturated carbocycles. The Hall–Kier alpha value is -1.46. The predicted octanol–water partition coefficient (Wildman–Crippen LogP) is 0.512. The van der Waals surface area contributed by atoms with Gasteiger partial charge in [-0.25, -0.2) is 0 Å². The van der Waals surface area contributed by atoms with Crippen LogP contribution in [0.15, 0.2) is 18.2 Å². The molecular weight excluding hydrogens is 270 g/mol. The Morgan fingerprint density at radius 3 is 2.29 bits per heavy atom. The molecule has 0 aromatic heterocycles. The lowest BCUT2D eigenvalue weighted by Gasteiger charge is -2.25. The van der Waals surface area contributed by atoms with E-state index in [1.807, 2.05) is 18.2 Å². The minimum absolute atomic E-state index is 0.250. The summed E-state index contributed by atoms with van der Waals surface area (Å²) in [6.07, 6.45) is 3.34. The minimum atomic E-state index is -0.479. The van der Waals surface area contributed by atoms with Gasteiger partial charge < -0.3 is 24.2 Å². The Morgan fingerprint density at radius 1 is 1.10 bits per heavy atom. The highest BCUT2D eigenvalue weighted by Gasteiger charge is 2.19. The van der Waals surface area contributed by atoms with Gasteiger partial charge >= 0.3 is 0 Å². The molecule has 118 valence electrons. The second-order valence-electron chi connectivity index (χ2n) is 5.47. The highest BCUT2D eigenvalue weighted by molar-refractivity contribution is 5.51. The molecule has 2 N–H and O–H groups in total. The fourth-order valence-electron chi connectivity index (χ4n) is 2.79. The number of aliphatic hydroxyl groups excluding tert-OH is 1. The Balaban J connectivity index is 1.89. The lowest BCUT2D eigenvalue weighted by molar-refractivity contribution is -0.908. The van der Waals surface area contributed by atoms with Crippen LogP contribution >= 0.6 is 0 Å². The second kappa shape index (κ2) is 8.10. The first-order valence-electron chi connectivity index (χ1n) is 7.60. The monoisotopic (exact) mass is 296 g/mol. The number of nitrogens with one attached hydrogen (secondary N) is 1. The van der Waals surface area contributed by atoms with Crippen molar-refractivity contribution in [3.8, 4) is 17.2 Å². The molecule has 0 spiro atoms. The Bertz CT molecular complexity index is 410. The molecule has 1 fully saturated rings. The SMILES string of the molecule is COc1cccc(OC)c1OC[C@H](O)C[NH+]1CCCCC1. The summed E-state index contributed by atoms with van der Waals surface area (Å²) in [6, 6.07) is 5.49. The Labute approximate surface area is 126 Å². The first kappa shape index (κ1) is 15.9. The zero-order chi connectivity index (χ0) is 15.1. The van der Waals surface area contributed by atoms with E-state index < -0.39 is 6.10 Å². The number of likely N-dealkylation sites (tertiary alicyclic amines) is 1. The number of methoxy groups -OCH3 is 2. The van der Waals surface area contributed by atoms with Gasteiger partial charge in [0.1, 0.15) is 19.3 Å². The van der Waals surface area contributed by atoms with Crippen molar-refractivity contribution in [1.82, 2.24) is 0 Å². The van der Waals surface area contributed by atoms with Crippen molar-refractivity contribution in [2.45, 2.75) is 25.4 Å². The van der Waals surface area contributed by atoms with Gasteiger partial charge in [0.15, 0.2) is 11.5 Å². The van der Waals surface area contributed by atoms with E-state index in [1.165, 1.54) is 24.2 Å². The first-order valence-corrected chi connectivity index (χ1v) is 7.60. The minimum Gasteiger partial charge on any atom is -0.493 e. The number of para-hydroxylation sites is 1. The number of aliphatic hydroxyl groups is 1. The Kier molecular flexibility index (Phi) is 6.14. The molecule has 0 radical (unpaired) electrons. The molecule has 0 unspecified atom stereocenters. The van der Waals surface area contributed by atoms with Crippen LogP contribution in [0.5, 0.6) is 17.2 Å². The molecule has 1 atom stereocenters. The van der Waals surface area contributed by atoms with E-state index in [2.05, 4.69) is 0 Å². The van der Waals surface area contributed by atoms with Gasteiger partial charge in [0.25, 0.3) is 0 Å². The van der Waals surface area contributed by atoms with Crippen molar-refractivity contribution in [3.63, 3.8) is 0 Å². The number of piperidine rings is 1. The molecule has 2 rings (SSSR count). The number of quaternary nitrogens is 1. The fourth-order valence-corrected chi connectivity index (χ4v) is 2.79. The smallest absolute Gasteiger partial charge is 0.203 e. The summed E-state index contributed by atoms with van der Waals surface area (Å²) >= 11 is 0. The fraction of sp³-hybridized carbons (Fsp3) is 0.625. The average Bonchev–Trinajstić information content (AvgIpc) is 2.53. The van der Waals surface area contributed by atoms with Crippen molar-refractivity contribution >= 4 is 0 Å². The summed E-state index contributed by atoms with van der Waals surface area (Å²) in [4.78, 5) is 1.46. The third kappa shape index (κ3) is 4.51. The van der Waals surface area contributed by atoms with Crippen LogP contribution in [0, 0.1) is 0 Å². The summed E-state index contributed by atoms with van der Waals surface area (Å²) in [6.45, 7) is 3.28. The summed E-state index contributed by atoms with van der Waals surface area (Å²) < 4.78 is 16.3. The molecule has 0 amide bonds. The van der Waals surface area contributed by atoms with E-state index in [9.17, 15) is 5.11 Å². The van der Waals surface area contributed by atoms with E-state index in [0.717, 1.165) is 19.6 Å². The molecule has 21 heavy (non-hydrogen) atoms. The molecule has 5 heteroatoms. The van der Waals surface area contributed by atoms with Gasteiger partial charge in [0.2, 0.25) is 5.75 Å². The lowest BCUT2D eigenvalue weighted by atomic mass is 10.1.